The first-order valence-corrected chi connectivity index (χ1v) is 9.77. The number of nitrogens with zero attached hydrogens (tertiary/aromatic N) is 5. The monoisotopic (exact) mass is 440 g/mol. The van der Waals surface area contributed by atoms with Crippen LogP contribution in [0.15, 0.2) is 53.8 Å². The summed E-state index contributed by atoms with van der Waals surface area (Å²) in [6.07, 6.45) is -1.66. The van der Waals surface area contributed by atoms with Gasteiger partial charge in [0.15, 0.2) is 0 Å². The van der Waals surface area contributed by atoms with Crippen molar-refractivity contribution in [2.45, 2.75) is 11.1 Å². The number of nitrogens with one attached hydrogen (secondary N) is 1. The van der Waals surface area contributed by atoms with Crippen molar-refractivity contribution in [1.82, 2.24) is 24.5 Å². The van der Waals surface area contributed by atoms with Crippen LogP contribution in [0.5, 0.6) is 0 Å². The predicted octanol–water partition coefficient (Wildman–Crippen LogP) is 3.11. The molecule has 0 spiro atoms. The van der Waals surface area contributed by atoms with Crippen LogP contribution >= 0.6 is 0 Å². The van der Waals surface area contributed by atoms with E-state index < -0.39 is 27.8 Å². The summed E-state index contributed by atoms with van der Waals surface area (Å²) < 4.78 is 82.4. The highest BCUT2D eigenvalue weighted by molar-refractivity contribution is 7.92. The van der Waals surface area contributed by atoms with E-state index in [-0.39, 0.29) is 27.2 Å². The molecule has 156 valence electrons. The van der Waals surface area contributed by atoms with Gasteiger partial charge in [-0.2, -0.15) is 22.7 Å². The molecule has 0 saturated carbocycles. The minimum atomic E-state index is -4.66. The number of rotatable bonds is 4. The number of sulfonamides is 1. The normalized spacial score (nSPS) is 12.4. The maximum absolute atomic E-state index is 13.8. The van der Waals surface area contributed by atoms with Crippen LogP contribution in [0.3, 0.4) is 0 Å². The third-order valence-corrected chi connectivity index (χ3v) is 5.55. The number of halogens is 4. The topological polar surface area (TPSA) is 94.7 Å². The van der Waals surface area contributed by atoms with Crippen LogP contribution in [0.25, 0.3) is 16.6 Å². The van der Waals surface area contributed by atoms with E-state index in [2.05, 4.69) is 19.9 Å². The molecular weight excluding hydrogens is 428 g/mol. The van der Waals surface area contributed by atoms with Gasteiger partial charge in [-0.3, -0.25) is 14.4 Å². The van der Waals surface area contributed by atoms with Crippen LogP contribution in [0, 0.1) is 5.95 Å². The number of para-hydroxylation sites is 1. The van der Waals surface area contributed by atoms with E-state index in [1.165, 1.54) is 36.0 Å². The van der Waals surface area contributed by atoms with Crippen molar-refractivity contribution in [3.63, 3.8) is 0 Å². The lowest BCUT2D eigenvalue weighted by atomic mass is 10.2. The van der Waals surface area contributed by atoms with E-state index in [1.54, 1.807) is 0 Å². The number of hydrogen-bond donors (Lipinski definition) is 1. The van der Waals surface area contributed by atoms with E-state index in [1.807, 2.05) is 0 Å². The molecule has 13 heteroatoms. The first kappa shape index (κ1) is 19.8. The summed E-state index contributed by atoms with van der Waals surface area (Å²) in [6, 6.07) is 6.35. The van der Waals surface area contributed by atoms with Crippen molar-refractivity contribution in [3.05, 3.63) is 60.6 Å². The summed E-state index contributed by atoms with van der Waals surface area (Å²) in [4.78, 5) is 2.95. The fourth-order valence-corrected chi connectivity index (χ4v) is 3.88. The van der Waals surface area contributed by atoms with Crippen LogP contribution in [0.2, 0.25) is 0 Å². The average molecular weight is 440 g/mol. The third kappa shape index (κ3) is 3.47. The Morgan fingerprint density at radius 2 is 1.93 bits per heavy atom. The Bertz CT molecular complexity index is 1360. The predicted molar refractivity (Wildman–Crippen MR) is 97.8 cm³/mol. The fraction of sp³-hybridized carbons (Fsp3) is 0.118. The molecule has 0 unspecified atom stereocenters. The molecule has 0 bridgehead atoms. The lowest BCUT2D eigenvalue weighted by Gasteiger charge is -2.09. The summed E-state index contributed by atoms with van der Waals surface area (Å²) in [6.45, 7) is 0. The second-order valence-corrected chi connectivity index (χ2v) is 7.92. The molecular formula is C17H12F4N6O2S. The van der Waals surface area contributed by atoms with Crippen LogP contribution in [0.1, 0.15) is 5.69 Å². The standard InChI is InChI=1S/C17H12F4N6O2S/c1-26-15-12(16(18)24-26)3-2-4-13(15)25-30(28,29)11-8-23-27(9-11)10-5-6-22-14(7-10)17(19,20)21/h2-9,25H,1H3. The quantitative estimate of drug-likeness (QED) is 0.492. The van der Waals surface area contributed by atoms with Gasteiger partial charge in [-0.15, -0.1) is 5.10 Å². The smallest absolute Gasteiger partial charge is 0.277 e. The molecule has 3 aromatic heterocycles. The number of anilines is 1. The summed E-state index contributed by atoms with van der Waals surface area (Å²) in [5.41, 5.74) is -0.838. The molecule has 0 saturated heterocycles. The zero-order valence-corrected chi connectivity index (χ0v) is 15.9. The molecule has 30 heavy (non-hydrogen) atoms. The molecule has 4 aromatic rings. The van der Waals surface area contributed by atoms with E-state index >= 15 is 0 Å². The third-order valence-electron chi connectivity index (χ3n) is 4.23. The number of alkyl halides is 3. The van der Waals surface area contributed by atoms with Gasteiger partial charge in [0, 0.05) is 13.2 Å². The van der Waals surface area contributed by atoms with E-state index in [0.29, 0.717) is 0 Å². The number of hydrogen-bond acceptors (Lipinski definition) is 5. The minimum Gasteiger partial charge on any atom is -0.277 e. The second-order valence-electron chi connectivity index (χ2n) is 6.24. The Kier molecular flexibility index (Phi) is 4.49. The number of pyridine rings is 1. The Hall–Kier alpha value is -3.48. The lowest BCUT2D eigenvalue weighted by Crippen LogP contribution is -2.13. The first-order chi connectivity index (χ1) is 14.1. The van der Waals surface area contributed by atoms with Crippen molar-refractivity contribution in [2.24, 2.45) is 7.05 Å². The molecule has 1 N–H and O–H groups in total. The molecule has 1 aromatic carbocycles. The summed E-state index contributed by atoms with van der Waals surface area (Å²) in [5, 5.41) is 7.58. The minimum absolute atomic E-state index is 0.0189. The molecule has 0 aliphatic rings. The molecule has 0 atom stereocenters. The van der Waals surface area contributed by atoms with Crippen molar-refractivity contribution in [2.75, 3.05) is 4.72 Å². The van der Waals surface area contributed by atoms with E-state index in [0.717, 1.165) is 29.3 Å². The number of benzene rings is 1. The van der Waals surface area contributed by atoms with Gasteiger partial charge < -0.3 is 0 Å². The number of fused-ring (bicyclic) bond motifs is 1. The van der Waals surface area contributed by atoms with Gasteiger partial charge in [-0.05, 0) is 24.3 Å². The Morgan fingerprint density at radius 1 is 1.17 bits per heavy atom. The average Bonchev–Trinajstić information content (AvgIpc) is 3.28. The van der Waals surface area contributed by atoms with Gasteiger partial charge in [0.2, 0.25) is 5.95 Å². The van der Waals surface area contributed by atoms with Gasteiger partial charge in [-0.25, -0.2) is 13.1 Å². The van der Waals surface area contributed by atoms with Crippen molar-refractivity contribution >= 4 is 26.6 Å². The van der Waals surface area contributed by atoms with Gasteiger partial charge in [0.25, 0.3) is 10.0 Å². The molecule has 0 aliphatic carbocycles. The van der Waals surface area contributed by atoms with E-state index in [9.17, 15) is 26.0 Å². The fourth-order valence-electron chi connectivity index (χ4n) is 2.88. The molecule has 4 rings (SSSR count). The highest BCUT2D eigenvalue weighted by Crippen LogP contribution is 2.29. The van der Waals surface area contributed by atoms with Gasteiger partial charge in [0.05, 0.1) is 34.7 Å². The maximum atomic E-state index is 13.8. The van der Waals surface area contributed by atoms with Gasteiger partial charge in [0.1, 0.15) is 10.6 Å². The van der Waals surface area contributed by atoms with Gasteiger partial charge in [-0.1, -0.05) is 6.07 Å². The Morgan fingerprint density at radius 3 is 2.67 bits per heavy atom. The van der Waals surface area contributed by atoms with Gasteiger partial charge >= 0.3 is 6.18 Å². The Balaban J connectivity index is 1.69. The SMILES string of the molecule is Cn1nc(F)c2cccc(NS(=O)(=O)c3cnn(-c4ccnc(C(F)(F)F)c4)c3)c21. The van der Waals surface area contributed by atoms with Crippen molar-refractivity contribution in [3.8, 4) is 5.69 Å². The second kappa shape index (κ2) is 6.79. The zero-order valence-electron chi connectivity index (χ0n) is 15.1. The highest BCUT2D eigenvalue weighted by atomic mass is 32.2. The molecule has 3 heterocycles. The summed E-state index contributed by atoms with van der Waals surface area (Å²) >= 11 is 0. The molecule has 0 amide bonds. The first-order valence-electron chi connectivity index (χ1n) is 8.28. The number of aromatic nitrogens is 5. The van der Waals surface area contributed by atoms with E-state index in [4.69, 9.17) is 0 Å². The lowest BCUT2D eigenvalue weighted by molar-refractivity contribution is -0.141. The molecule has 0 radical (unpaired) electrons. The van der Waals surface area contributed by atoms with Crippen molar-refractivity contribution < 1.29 is 26.0 Å². The summed E-state index contributed by atoms with van der Waals surface area (Å²) in [7, 11) is -2.71. The van der Waals surface area contributed by atoms with Crippen LogP contribution in [0.4, 0.5) is 23.2 Å². The highest BCUT2D eigenvalue weighted by Gasteiger charge is 2.32. The van der Waals surface area contributed by atoms with Crippen LogP contribution < -0.4 is 4.72 Å². The summed E-state index contributed by atoms with van der Waals surface area (Å²) in [5.74, 6) is -0.750. The largest absolute Gasteiger partial charge is 0.433 e. The Labute approximate surface area is 166 Å². The van der Waals surface area contributed by atoms with Crippen LogP contribution in [-0.2, 0) is 23.2 Å². The molecule has 0 aliphatic heterocycles. The van der Waals surface area contributed by atoms with Crippen molar-refractivity contribution in [1.29, 1.82) is 0 Å². The maximum Gasteiger partial charge on any atom is 0.433 e. The number of aryl methyl sites for hydroxylation is 1. The zero-order chi connectivity index (χ0) is 21.7. The molecule has 0 fully saturated rings. The van der Waals surface area contributed by atoms with Crippen LogP contribution in [-0.4, -0.2) is 33.0 Å². The molecule has 8 nitrogen and oxygen atoms in total.